The van der Waals surface area contributed by atoms with Crippen molar-refractivity contribution in [2.45, 2.75) is 81.0 Å². The number of benzene rings is 1. The molecule has 4 rings (SSSR count). The Morgan fingerprint density at radius 2 is 1.52 bits per heavy atom. The number of rotatable bonds is 4. The monoisotopic (exact) mass is 426 g/mol. The van der Waals surface area contributed by atoms with Crippen LogP contribution in [-0.2, 0) is 33.5 Å². The summed E-state index contributed by atoms with van der Waals surface area (Å²) in [6, 6.07) is 7.99. The molecule has 8 nitrogen and oxygen atoms in total. The largest absolute Gasteiger partial charge is 0.386 e. The van der Waals surface area contributed by atoms with E-state index < -0.39 is 58.2 Å². The number of hydrogen-bond donors (Lipinski definition) is 1. The number of hydrogen-bond acceptors (Lipinski definition) is 8. The average molecular weight is 426 g/mol. The van der Waals surface area contributed by atoms with Crippen molar-refractivity contribution in [2.75, 3.05) is 0 Å². The molecule has 29 heavy (non-hydrogen) atoms. The van der Waals surface area contributed by atoms with E-state index in [1.165, 1.54) is 18.2 Å². The van der Waals surface area contributed by atoms with Crippen LogP contribution in [0.15, 0.2) is 46.7 Å². The lowest BCUT2D eigenvalue weighted by Gasteiger charge is -2.38. The topological polar surface area (TPSA) is 101 Å². The summed E-state index contributed by atoms with van der Waals surface area (Å²) in [6.45, 7) is 7.06. The van der Waals surface area contributed by atoms with E-state index in [1.807, 2.05) is 0 Å². The molecule has 6 atom stereocenters. The van der Waals surface area contributed by atoms with E-state index >= 15 is 0 Å². The zero-order valence-corrected chi connectivity index (χ0v) is 17.5. The Balaban J connectivity index is 1.57. The summed E-state index contributed by atoms with van der Waals surface area (Å²) in [7, 11) is -3.70. The molecule has 3 saturated heterocycles. The molecule has 0 unspecified atom stereocenters. The standard InChI is InChI=1S/C20H26O8S/c1-19(2)25-15-14(24-18-17(16(15)26-19)27-20(3,4)28-18)13(21)10-11-29(22,23)12-8-6-5-7-9-12/h5-11,13-18,21H,1-4H3/b11-10+/t13-,14-,15+,16+,17-,18-/m1/s1. The van der Waals surface area contributed by atoms with E-state index in [9.17, 15) is 13.5 Å². The summed E-state index contributed by atoms with van der Waals surface area (Å²) in [5.74, 6) is -1.77. The Morgan fingerprint density at radius 1 is 0.931 bits per heavy atom. The molecule has 0 aliphatic carbocycles. The molecule has 9 heteroatoms. The first kappa shape index (κ1) is 20.9. The van der Waals surface area contributed by atoms with Gasteiger partial charge in [0.15, 0.2) is 27.7 Å². The van der Waals surface area contributed by atoms with Crippen LogP contribution >= 0.6 is 0 Å². The maximum absolute atomic E-state index is 12.5. The minimum Gasteiger partial charge on any atom is -0.386 e. The lowest BCUT2D eigenvalue weighted by molar-refractivity contribution is -0.247. The van der Waals surface area contributed by atoms with Gasteiger partial charge in [-0.1, -0.05) is 18.2 Å². The third-order valence-corrected chi connectivity index (χ3v) is 6.50. The van der Waals surface area contributed by atoms with Crippen molar-refractivity contribution in [2.24, 2.45) is 0 Å². The fraction of sp³-hybridized carbons (Fsp3) is 0.600. The van der Waals surface area contributed by atoms with Crippen molar-refractivity contribution in [3.05, 3.63) is 41.8 Å². The van der Waals surface area contributed by atoms with Gasteiger partial charge in [0.05, 0.1) is 4.90 Å². The van der Waals surface area contributed by atoms with E-state index in [4.69, 9.17) is 23.7 Å². The highest BCUT2D eigenvalue weighted by atomic mass is 32.2. The molecular formula is C20H26O8S. The second kappa shape index (κ2) is 7.12. The fourth-order valence-electron chi connectivity index (χ4n) is 3.90. The van der Waals surface area contributed by atoms with Crippen LogP contribution in [0, 0.1) is 0 Å². The molecule has 1 aromatic rings. The highest BCUT2D eigenvalue weighted by molar-refractivity contribution is 7.94. The quantitative estimate of drug-likeness (QED) is 0.777. The lowest BCUT2D eigenvalue weighted by atomic mass is 9.95. The zero-order valence-electron chi connectivity index (χ0n) is 16.7. The van der Waals surface area contributed by atoms with Crippen LogP contribution in [0.3, 0.4) is 0 Å². The molecule has 3 aliphatic rings. The van der Waals surface area contributed by atoms with E-state index in [0.29, 0.717) is 0 Å². The summed E-state index contributed by atoms with van der Waals surface area (Å²) < 4.78 is 54.5. The number of sulfone groups is 1. The van der Waals surface area contributed by atoms with Gasteiger partial charge in [0.1, 0.15) is 30.5 Å². The summed E-state index contributed by atoms with van der Waals surface area (Å²) in [5, 5.41) is 11.7. The number of ether oxygens (including phenoxy) is 5. The lowest BCUT2D eigenvalue weighted by Crippen LogP contribution is -2.58. The van der Waals surface area contributed by atoms with Crippen LogP contribution < -0.4 is 0 Å². The van der Waals surface area contributed by atoms with Gasteiger partial charge in [-0.25, -0.2) is 8.42 Å². The second-order valence-electron chi connectivity index (χ2n) is 8.31. The minimum absolute atomic E-state index is 0.141. The van der Waals surface area contributed by atoms with Crippen molar-refractivity contribution in [1.82, 2.24) is 0 Å². The molecule has 0 bridgehead atoms. The Kier molecular flexibility index (Phi) is 5.14. The van der Waals surface area contributed by atoms with Gasteiger partial charge >= 0.3 is 0 Å². The second-order valence-corrected chi connectivity index (χ2v) is 10.1. The summed E-state index contributed by atoms with van der Waals surface area (Å²) in [5.41, 5.74) is 0. The Labute approximate surface area is 170 Å². The van der Waals surface area contributed by atoms with Crippen molar-refractivity contribution in [3.63, 3.8) is 0 Å². The van der Waals surface area contributed by atoms with E-state index in [0.717, 1.165) is 5.41 Å². The van der Waals surface area contributed by atoms with E-state index in [-0.39, 0.29) is 4.90 Å². The maximum atomic E-state index is 12.5. The summed E-state index contributed by atoms with van der Waals surface area (Å²) >= 11 is 0. The van der Waals surface area contributed by atoms with Crippen LogP contribution in [0.25, 0.3) is 0 Å². The number of aliphatic hydroxyl groups is 1. The van der Waals surface area contributed by atoms with Gasteiger partial charge in [0.2, 0.25) is 0 Å². The molecule has 0 aromatic heterocycles. The Morgan fingerprint density at radius 3 is 2.21 bits per heavy atom. The van der Waals surface area contributed by atoms with E-state index in [1.54, 1.807) is 45.9 Å². The molecule has 3 aliphatic heterocycles. The molecule has 0 saturated carbocycles. The molecule has 0 radical (unpaired) electrons. The van der Waals surface area contributed by atoms with Gasteiger partial charge < -0.3 is 28.8 Å². The average Bonchev–Trinajstić information content (AvgIpc) is 3.13. The van der Waals surface area contributed by atoms with Crippen molar-refractivity contribution in [1.29, 1.82) is 0 Å². The van der Waals surface area contributed by atoms with Crippen LogP contribution in [0.1, 0.15) is 27.7 Å². The predicted molar refractivity (Wildman–Crippen MR) is 101 cm³/mol. The first-order valence-corrected chi connectivity index (χ1v) is 11.1. The molecule has 3 heterocycles. The van der Waals surface area contributed by atoms with Crippen LogP contribution in [0.5, 0.6) is 0 Å². The number of aliphatic hydroxyl groups excluding tert-OH is 1. The molecule has 0 amide bonds. The summed E-state index contributed by atoms with van der Waals surface area (Å²) in [6.07, 6.45) is -3.40. The van der Waals surface area contributed by atoms with Gasteiger partial charge in [0, 0.05) is 5.41 Å². The van der Waals surface area contributed by atoms with Crippen LogP contribution in [0.2, 0.25) is 0 Å². The smallest absolute Gasteiger partial charge is 0.199 e. The Hall–Kier alpha value is -1.33. The first-order chi connectivity index (χ1) is 13.5. The highest BCUT2D eigenvalue weighted by Crippen LogP contribution is 2.44. The van der Waals surface area contributed by atoms with Gasteiger partial charge in [-0.05, 0) is 45.9 Å². The third kappa shape index (κ3) is 4.13. The normalized spacial score (nSPS) is 36.7. The SMILES string of the molecule is CC1(C)O[C@@H]2[C@H](O1)[C@H]1OC(C)(C)O[C@H]1O[C@@H]2[C@H](O)/C=C/S(=O)(=O)c1ccccc1. The zero-order chi connectivity index (χ0) is 21.0. The van der Waals surface area contributed by atoms with Crippen molar-refractivity contribution < 1.29 is 37.2 Å². The van der Waals surface area contributed by atoms with E-state index in [2.05, 4.69) is 0 Å². The van der Waals surface area contributed by atoms with Crippen LogP contribution in [0.4, 0.5) is 0 Å². The molecule has 1 N–H and O–H groups in total. The van der Waals surface area contributed by atoms with Gasteiger partial charge in [-0.15, -0.1) is 0 Å². The minimum atomic E-state index is -3.70. The highest BCUT2D eigenvalue weighted by Gasteiger charge is 2.61. The maximum Gasteiger partial charge on any atom is 0.199 e. The van der Waals surface area contributed by atoms with Gasteiger partial charge in [-0.3, -0.25) is 0 Å². The predicted octanol–water partition coefficient (Wildman–Crippen LogP) is 1.73. The first-order valence-electron chi connectivity index (χ1n) is 9.51. The Bertz CT molecular complexity index is 879. The van der Waals surface area contributed by atoms with Gasteiger partial charge in [0.25, 0.3) is 0 Å². The summed E-state index contributed by atoms with van der Waals surface area (Å²) in [4.78, 5) is 0.141. The van der Waals surface area contributed by atoms with Crippen molar-refractivity contribution >= 4 is 9.84 Å². The molecule has 160 valence electrons. The van der Waals surface area contributed by atoms with Crippen LogP contribution in [-0.4, -0.2) is 61.9 Å². The molecule has 1 aromatic carbocycles. The third-order valence-electron chi connectivity index (χ3n) is 5.05. The van der Waals surface area contributed by atoms with Gasteiger partial charge in [-0.2, -0.15) is 0 Å². The molecular weight excluding hydrogens is 400 g/mol. The molecule has 0 spiro atoms. The molecule has 3 fully saturated rings. The number of fused-ring (bicyclic) bond motifs is 3. The van der Waals surface area contributed by atoms with Crippen molar-refractivity contribution in [3.8, 4) is 0 Å². The fourth-order valence-corrected chi connectivity index (χ4v) is 4.96.